The summed E-state index contributed by atoms with van der Waals surface area (Å²) in [6.07, 6.45) is 9.53. The molecule has 3 heteroatoms. The summed E-state index contributed by atoms with van der Waals surface area (Å²) in [6.45, 7) is 1.12. The highest BCUT2D eigenvalue weighted by atomic mass is 16.3. The summed E-state index contributed by atoms with van der Waals surface area (Å²) in [4.78, 5) is 13.0. The average molecular weight is 335 g/mol. The molecule has 3 aliphatic rings. The molecule has 130 valence electrons. The molecule has 0 radical (unpaired) electrons. The fraction of sp³-hybridized carbons (Fsp3) is 0.500. The molecule has 5 rings (SSSR count). The van der Waals surface area contributed by atoms with E-state index in [0.717, 1.165) is 30.2 Å². The molecular formula is C22H25NO2. The second kappa shape index (κ2) is 5.84. The lowest BCUT2D eigenvalue weighted by molar-refractivity contribution is 0.0788. The van der Waals surface area contributed by atoms with Crippen LogP contribution >= 0.6 is 0 Å². The second-order valence-electron chi connectivity index (χ2n) is 8.03. The lowest BCUT2D eigenvalue weighted by atomic mass is 9.52. The molecule has 3 nitrogen and oxygen atoms in total. The van der Waals surface area contributed by atoms with Gasteiger partial charge >= 0.3 is 0 Å². The first-order valence-corrected chi connectivity index (χ1v) is 9.69. The monoisotopic (exact) mass is 335 g/mol. The van der Waals surface area contributed by atoms with Gasteiger partial charge < -0.3 is 9.73 Å². The van der Waals surface area contributed by atoms with Crippen molar-refractivity contribution >= 4 is 5.78 Å². The smallest absolute Gasteiger partial charge is 0.170 e. The highest BCUT2D eigenvalue weighted by Crippen LogP contribution is 2.54. The molecule has 2 bridgehead atoms. The largest absolute Gasteiger partial charge is 0.469 e. The minimum atomic E-state index is 0.190. The van der Waals surface area contributed by atoms with Gasteiger partial charge in [-0.25, -0.2) is 0 Å². The van der Waals surface area contributed by atoms with E-state index in [1.807, 2.05) is 18.2 Å². The van der Waals surface area contributed by atoms with Crippen molar-refractivity contribution in [1.29, 1.82) is 0 Å². The molecule has 2 heterocycles. The van der Waals surface area contributed by atoms with Gasteiger partial charge in [0.05, 0.1) is 12.7 Å². The fourth-order valence-electron chi connectivity index (χ4n) is 5.89. The van der Waals surface area contributed by atoms with Crippen LogP contribution in [0.3, 0.4) is 0 Å². The Morgan fingerprint density at radius 3 is 3.04 bits per heavy atom. The zero-order valence-electron chi connectivity index (χ0n) is 14.6. The van der Waals surface area contributed by atoms with Crippen molar-refractivity contribution < 1.29 is 9.21 Å². The summed E-state index contributed by atoms with van der Waals surface area (Å²) >= 11 is 0. The number of hydrogen-bond donors (Lipinski definition) is 1. The van der Waals surface area contributed by atoms with Gasteiger partial charge in [0.15, 0.2) is 5.78 Å². The van der Waals surface area contributed by atoms with Gasteiger partial charge in [-0.05, 0) is 61.4 Å². The molecule has 2 aromatic rings. The molecule has 1 aliphatic heterocycles. The molecule has 0 spiro atoms. The summed E-state index contributed by atoms with van der Waals surface area (Å²) in [5, 5.41) is 3.77. The standard InChI is InChI=1S/C22H25NO2/c24-21(13-15-5-4-12-25-15)16-6-3-8-18-17(16)14-20-19-7-1-2-9-22(18,19)10-11-23-20/h3-6,8,12,19-20,23H,1-2,7,9-11,13-14H2/t19-,20+,22-/m0/s1. The molecular weight excluding hydrogens is 310 g/mol. The van der Waals surface area contributed by atoms with E-state index >= 15 is 0 Å². The van der Waals surface area contributed by atoms with E-state index in [9.17, 15) is 4.79 Å². The van der Waals surface area contributed by atoms with Crippen LogP contribution in [0.2, 0.25) is 0 Å². The van der Waals surface area contributed by atoms with Gasteiger partial charge in [0.1, 0.15) is 5.76 Å². The average Bonchev–Trinajstić information content (AvgIpc) is 3.14. The number of rotatable bonds is 3. The van der Waals surface area contributed by atoms with Crippen LogP contribution in [-0.2, 0) is 18.3 Å². The van der Waals surface area contributed by atoms with Crippen LogP contribution in [0.5, 0.6) is 0 Å². The maximum atomic E-state index is 13.0. The van der Waals surface area contributed by atoms with Crippen molar-refractivity contribution in [3.05, 3.63) is 59.0 Å². The molecule has 25 heavy (non-hydrogen) atoms. The number of hydrogen-bond acceptors (Lipinski definition) is 3. The number of furan rings is 1. The van der Waals surface area contributed by atoms with Crippen molar-refractivity contribution in [3.63, 3.8) is 0 Å². The fourth-order valence-corrected chi connectivity index (χ4v) is 5.89. The quantitative estimate of drug-likeness (QED) is 0.861. The third-order valence-electron chi connectivity index (χ3n) is 6.91. The van der Waals surface area contributed by atoms with Crippen LogP contribution in [0.4, 0.5) is 0 Å². The van der Waals surface area contributed by atoms with Gasteiger partial charge in [0, 0.05) is 17.0 Å². The van der Waals surface area contributed by atoms with Crippen molar-refractivity contribution in [1.82, 2.24) is 5.32 Å². The Hall–Kier alpha value is -1.87. The number of ketones is 1. The van der Waals surface area contributed by atoms with E-state index in [4.69, 9.17) is 4.42 Å². The Morgan fingerprint density at radius 1 is 1.20 bits per heavy atom. The molecule has 2 fully saturated rings. The molecule has 0 amide bonds. The lowest BCUT2D eigenvalue weighted by Crippen LogP contribution is -2.59. The number of Topliss-reactive ketones (excluding diaryl/α,β-unsaturated/α-hetero) is 1. The number of piperidine rings is 1. The predicted octanol–water partition coefficient (Wildman–Crippen LogP) is 4.05. The summed E-state index contributed by atoms with van der Waals surface area (Å²) in [5.74, 6) is 1.69. The number of benzene rings is 1. The van der Waals surface area contributed by atoms with E-state index in [0.29, 0.717) is 17.9 Å². The minimum Gasteiger partial charge on any atom is -0.469 e. The van der Waals surface area contributed by atoms with Crippen LogP contribution < -0.4 is 5.32 Å². The van der Waals surface area contributed by atoms with Gasteiger partial charge in [-0.1, -0.05) is 31.0 Å². The molecule has 3 atom stereocenters. The van der Waals surface area contributed by atoms with E-state index in [1.54, 1.807) is 6.26 Å². The first-order valence-electron chi connectivity index (χ1n) is 9.69. The molecule has 2 aliphatic carbocycles. The van der Waals surface area contributed by atoms with Gasteiger partial charge in [0.25, 0.3) is 0 Å². The minimum absolute atomic E-state index is 0.190. The summed E-state index contributed by atoms with van der Waals surface area (Å²) in [7, 11) is 0. The van der Waals surface area contributed by atoms with Gasteiger partial charge in [-0.3, -0.25) is 4.79 Å². The molecule has 1 saturated heterocycles. The molecule has 1 aromatic carbocycles. The Morgan fingerprint density at radius 2 is 2.16 bits per heavy atom. The van der Waals surface area contributed by atoms with Crippen LogP contribution in [0.1, 0.15) is 59.3 Å². The third-order valence-corrected chi connectivity index (χ3v) is 6.91. The Labute approximate surface area is 148 Å². The normalized spacial score (nSPS) is 30.4. The van der Waals surface area contributed by atoms with Crippen molar-refractivity contribution in [2.45, 2.75) is 56.4 Å². The van der Waals surface area contributed by atoms with Gasteiger partial charge in [0.2, 0.25) is 0 Å². The van der Waals surface area contributed by atoms with E-state index in [-0.39, 0.29) is 5.78 Å². The zero-order valence-corrected chi connectivity index (χ0v) is 14.6. The Bertz CT molecular complexity index is 790. The number of carbonyl (C=O) groups excluding carboxylic acids is 1. The Kier molecular flexibility index (Phi) is 3.60. The maximum Gasteiger partial charge on any atom is 0.170 e. The van der Waals surface area contributed by atoms with E-state index in [2.05, 4.69) is 17.4 Å². The van der Waals surface area contributed by atoms with Crippen LogP contribution in [0.25, 0.3) is 0 Å². The Balaban J connectivity index is 1.58. The summed E-state index contributed by atoms with van der Waals surface area (Å²) < 4.78 is 5.40. The van der Waals surface area contributed by atoms with Gasteiger partial charge in [-0.2, -0.15) is 0 Å². The molecule has 1 aromatic heterocycles. The number of carbonyl (C=O) groups is 1. The maximum absolute atomic E-state index is 13.0. The molecule has 1 saturated carbocycles. The second-order valence-corrected chi connectivity index (χ2v) is 8.03. The molecule has 0 unspecified atom stereocenters. The predicted molar refractivity (Wildman–Crippen MR) is 96.9 cm³/mol. The van der Waals surface area contributed by atoms with Crippen molar-refractivity contribution in [2.24, 2.45) is 5.92 Å². The first kappa shape index (κ1) is 15.4. The van der Waals surface area contributed by atoms with Crippen LogP contribution in [-0.4, -0.2) is 18.4 Å². The zero-order chi connectivity index (χ0) is 16.9. The van der Waals surface area contributed by atoms with E-state index in [1.165, 1.54) is 43.2 Å². The van der Waals surface area contributed by atoms with E-state index < -0.39 is 0 Å². The summed E-state index contributed by atoms with van der Waals surface area (Å²) in [6, 6.07) is 10.7. The highest BCUT2D eigenvalue weighted by molar-refractivity contribution is 5.99. The van der Waals surface area contributed by atoms with Crippen LogP contribution in [0.15, 0.2) is 41.0 Å². The first-order chi connectivity index (χ1) is 12.3. The molecule has 1 N–H and O–H groups in total. The van der Waals surface area contributed by atoms with Crippen LogP contribution in [0, 0.1) is 5.92 Å². The van der Waals surface area contributed by atoms with Gasteiger partial charge in [-0.15, -0.1) is 0 Å². The van der Waals surface area contributed by atoms with Crippen molar-refractivity contribution in [3.8, 4) is 0 Å². The van der Waals surface area contributed by atoms with Crippen molar-refractivity contribution in [2.75, 3.05) is 6.54 Å². The summed E-state index contributed by atoms with van der Waals surface area (Å²) in [5.41, 5.74) is 4.03. The number of nitrogens with one attached hydrogen (secondary N) is 1. The highest BCUT2D eigenvalue weighted by Gasteiger charge is 2.51. The topological polar surface area (TPSA) is 42.2 Å². The third kappa shape index (κ3) is 2.32. The lowest BCUT2D eigenvalue weighted by Gasteiger charge is -2.56. The number of fused-ring (bicyclic) bond motifs is 1. The SMILES string of the molecule is O=C(Cc1ccco1)c1cccc2c1C[C@H]1NCC[C@@]23CCCC[C@@H]13.